The Hall–Kier alpha value is -2.97. The van der Waals surface area contributed by atoms with Gasteiger partial charge in [-0.3, -0.25) is 9.59 Å². The quantitative estimate of drug-likeness (QED) is 0.763. The van der Waals surface area contributed by atoms with Crippen molar-refractivity contribution in [3.05, 3.63) is 36.2 Å². The molecule has 3 heterocycles. The molecule has 0 unspecified atom stereocenters. The highest BCUT2D eigenvalue weighted by atomic mass is 16.5. The Kier molecular flexibility index (Phi) is 5.50. The lowest BCUT2D eigenvalue weighted by Gasteiger charge is -2.32. The van der Waals surface area contributed by atoms with Gasteiger partial charge in [-0.25, -0.2) is 4.68 Å². The molecular formula is C19H24N6O3. The average Bonchev–Trinajstić information content (AvgIpc) is 3.42. The number of tetrazole rings is 1. The third-order valence-electron chi connectivity index (χ3n) is 5.26. The van der Waals surface area contributed by atoms with E-state index < -0.39 is 0 Å². The van der Waals surface area contributed by atoms with Gasteiger partial charge < -0.3 is 14.5 Å². The fourth-order valence-electron chi connectivity index (χ4n) is 3.71. The predicted octanol–water partition coefficient (Wildman–Crippen LogP) is 0.979. The monoisotopic (exact) mass is 384 g/mol. The Balaban J connectivity index is 1.29. The standard InChI is InChI=1S/C19H24N6O3/c26-18(13-25-14-20-21-22-25)23-10-6-16(7-11-23)28-17-5-3-4-15(12-17)19(27)24-8-1-2-9-24/h3-5,12,14,16H,1-2,6-11,13H2. The number of carbonyl (C=O) groups is 2. The van der Waals surface area contributed by atoms with E-state index in [1.807, 2.05) is 34.1 Å². The van der Waals surface area contributed by atoms with Gasteiger partial charge in [0.1, 0.15) is 24.7 Å². The van der Waals surface area contributed by atoms with Gasteiger partial charge in [-0.15, -0.1) is 5.10 Å². The van der Waals surface area contributed by atoms with Gasteiger partial charge in [0.05, 0.1) is 0 Å². The normalized spacial score (nSPS) is 17.7. The van der Waals surface area contributed by atoms with E-state index in [1.165, 1.54) is 11.0 Å². The smallest absolute Gasteiger partial charge is 0.253 e. The van der Waals surface area contributed by atoms with E-state index in [2.05, 4.69) is 15.5 Å². The van der Waals surface area contributed by atoms with Gasteiger partial charge in [-0.05, 0) is 41.5 Å². The van der Waals surface area contributed by atoms with Crippen LogP contribution in [0.3, 0.4) is 0 Å². The maximum Gasteiger partial charge on any atom is 0.253 e. The van der Waals surface area contributed by atoms with Crippen molar-refractivity contribution in [3.8, 4) is 5.75 Å². The van der Waals surface area contributed by atoms with E-state index in [1.54, 1.807) is 0 Å². The van der Waals surface area contributed by atoms with Gasteiger partial charge >= 0.3 is 0 Å². The molecule has 4 rings (SSSR count). The van der Waals surface area contributed by atoms with Gasteiger partial charge in [0.2, 0.25) is 5.91 Å². The molecule has 9 heteroatoms. The van der Waals surface area contributed by atoms with Gasteiger partial charge in [-0.1, -0.05) is 6.07 Å². The van der Waals surface area contributed by atoms with Crippen LogP contribution < -0.4 is 4.74 Å². The predicted molar refractivity (Wildman–Crippen MR) is 99.6 cm³/mol. The Morgan fingerprint density at radius 2 is 1.86 bits per heavy atom. The maximum absolute atomic E-state index is 12.6. The first-order chi connectivity index (χ1) is 13.7. The molecule has 28 heavy (non-hydrogen) atoms. The van der Waals surface area contributed by atoms with E-state index >= 15 is 0 Å². The molecule has 0 saturated carbocycles. The second kappa shape index (κ2) is 8.37. The van der Waals surface area contributed by atoms with Crippen LogP contribution in [0.5, 0.6) is 5.75 Å². The first-order valence-corrected chi connectivity index (χ1v) is 9.73. The molecule has 0 N–H and O–H groups in total. The summed E-state index contributed by atoms with van der Waals surface area (Å²) < 4.78 is 7.52. The number of nitrogens with zero attached hydrogens (tertiary/aromatic N) is 6. The third-order valence-corrected chi connectivity index (χ3v) is 5.26. The Morgan fingerprint density at radius 3 is 2.57 bits per heavy atom. The van der Waals surface area contributed by atoms with Crippen LogP contribution in [0.25, 0.3) is 0 Å². The minimum atomic E-state index is 0.00366. The largest absolute Gasteiger partial charge is 0.490 e. The van der Waals surface area contributed by atoms with Crippen LogP contribution in [0.1, 0.15) is 36.0 Å². The number of carbonyl (C=O) groups excluding carboxylic acids is 2. The second-order valence-electron chi connectivity index (χ2n) is 7.23. The van der Waals surface area contributed by atoms with Crippen molar-refractivity contribution in [3.63, 3.8) is 0 Å². The molecule has 2 fully saturated rings. The highest BCUT2D eigenvalue weighted by Crippen LogP contribution is 2.22. The van der Waals surface area contributed by atoms with E-state index in [9.17, 15) is 9.59 Å². The molecule has 2 aromatic rings. The zero-order valence-corrected chi connectivity index (χ0v) is 15.7. The summed E-state index contributed by atoms with van der Waals surface area (Å²) in [6.45, 7) is 3.09. The van der Waals surface area contributed by atoms with Crippen LogP contribution in [0.2, 0.25) is 0 Å². The molecule has 0 atom stereocenters. The summed E-state index contributed by atoms with van der Waals surface area (Å²) in [5, 5.41) is 10.8. The van der Waals surface area contributed by atoms with Crippen LogP contribution in [0.15, 0.2) is 30.6 Å². The van der Waals surface area contributed by atoms with Gasteiger partial charge in [-0.2, -0.15) is 0 Å². The lowest BCUT2D eigenvalue weighted by molar-refractivity contribution is -0.133. The number of hydrogen-bond donors (Lipinski definition) is 0. The van der Waals surface area contributed by atoms with Crippen molar-refractivity contribution in [2.75, 3.05) is 26.2 Å². The van der Waals surface area contributed by atoms with Crippen LogP contribution in [-0.4, -0.2) is 74.1 Å². The highest BCUT2D eigenvalue weighted by molar-refractivity contribution is 5.94. The van der Waals surface area contributed by atoms with Crippen molar-refractivity contribution in [1.29, 1.82) is 0 Å². The zero-order valence-electron chi connectivity index (χ0n) is 15.7. The molecule has 0 radical (unpaired) electrons. The van der Waals surface area contributed by atoms with Crippen molar-refractivity contribution < 1.29 is 14.3 Å². The van der Waals surface area contributed by atoms with Crippen LogP contribution in [-0.2, 0) is 11.3 Å². The van der Waals surface area contributed by atoms with E-state index in [4.69, 9.17) is 4.74 Å². The summed E-state index contributed by atoms with van der Waals surface area (Å²) in [5.41, 5.74) is 0.674. The number of likely N-dealkylation sites (tertiary alicyclic amines) is 2. The summed E-state index contributed by atoms with van der Waals surface area (Å²) >= 11 is 0. The van der Waals surface area contributed by atoms with Crippen LogP contribution in [0, 0.1) is 0 Å². The number of benzene rings is 1. The molecule has 0 aliphatic carbocycles. The van der Waals surface area contributed by atoms with E-state index in [0.717, 1.165) is 38.8 Å². The number of amides is 2. The van der Waals surface area contributed by atoms with Crippen LogP contribution in [0.4, 0.5) is 0 Å². The SMILES string of the molecule is O=C(Cn1cnnn1)N1CCC(Oc2cccc(C(=O)N3CCCC3)c2)CC1. The van der Waals surface area contributed by atoms with Crippen molar-refractivity contribution in [2.24, 2.45) is 0 Å². The average molecular weight is 384 g/mol. The third kappa shape index (κ3) is 4.29. The van der Waals surface area contributed by atoms with E-state index in [-0.39, 0.29) is 24.5 Å². The Bertz CT molecular complexity index is 811. The second-order valence-corrected chi connectivity index (χ2v) is 7.23. The summed E-state index contributed by atoms with van der Waals surface area (Å²) in [6, 6.07) is 7.42. The molecule has 2 aliphatic rings. The van der Waals surface area contributed by atoms with E-state index in [0.29, 0.717) is 24.4 Å². The molecule has 2 saturated heterocycles. The number of ether oxygens (including phenoxy) is 1. The first kappa shape index (κ1) is 18.4. The molecular weight excluding hydrogens is 360 g/mol. The fraction of sp³-hybridized carbons (Fsp3) is 0.526. The summed E-state index contributed by atoms with van der Waals surface area (Å²) in [7, 11) is 0. The topological polar surface area (TPSA) is 93.5 Å². The lowest BCUT2D eigenvalue weighted by Crippen LogP contribution is -2.43. The summed E-state index contributed by atoms with van der Waals surface area (Å²) in [6.07, 6.45) is 5.13. The van der Waals surface area contributed by atoms with Gasteiger partial charge in [0.15, 0.2) is 0 Å². The number of aromatic nitrogens is 4. The van der Waals surface area contributed by atoms with Crippen molar-refractivity contribution >= 4 is 11.8 Å². The van der Waals surface area contributed by atoms with Crippen molar-refractivity contribution in [1.82, 2.24) is 30.0 Å². The number of hydrogen-bond acceptors (Lipinski definition) is 6. The molecule has 2 aliphatic heterocycles. The molecule has 1 aromatic carbocycles. The molecule has 0 bridgehead atoms. The Labute approximate surface area is 163 Å². The summed E-state index contributed by atoms with van der Waals surface area (Å²) in [5.74, 6) is 0.790. The van der Waals surface area contributed by atoms with Crippen LogP contribution >= 0.6 is 0 Å². The van der Waals surface area contributed by atoms with Gasteiger partial charge in [0.25, 0.3) is 5.91 Å². The molecule has 1 aromatic heterocycles. The Morgan fingerprint density at radius 1 is 1.07 bits per heavy atom. The molecule has 148 valence electrons. The highest BCUT2D eigenvalue weighted by Gasteiger charge is 2.25. The van der Waals surface area contributed by atoms with Gasteiger partial charge in [0, 0.05) is 44.6 Å². The molecule has 2 amide bonds. The lowest BCUT2D eigenvalue weighted by atomic mass is 10.1. The molecule has 9 nitrogen and oxygen atoms in total. The molecule has 0 spiro atoms. The number of piperidine rings is 1. The first-order valence-electron chi connectivity index (χ1n) is 9.73. The minimum absolute atomic E-state index is 0.00366. The number of rotatable bonds is 5. The maximum atomic E-state index is 12.6. The van der Waals surface area contributed by atoms with Crippen molar-refractivity contribution in [2.45, 2.75) is 38.3 Å². The zero-order chi connectivity index (χ0) is 19.3. The summed E-state index contributed by atoms with van der Waals surface area (Å²) in [4.78, 5) is 28.6. The minimum Gasteiger partial charge on any atom is -0.490 e. The fourth-order valence-corrected chi connectivity index (χ4v) is 3.71.